The molecule has 2 rings (SSSR count). The molecule has 2 unspecified atom stereocenters. The lowest BCUT2D eigenvalue weighted by Crippen LogP contribution is -2.37. The van der Waals surface area contributed by atoms with Crippen LogP contribution in [0.4, 0.5) is 0 Å². The Kier molecular flexibility index (Phi) is 5.01. The van der Waals surface area contributed by atoms with Crippen molar-refractivity contribution >= 4 is 0 Å². The lowest BCUT2D eigenvalue weighted by atomic mass is 9.98. The van der Waals surface area contributed by atoms with Gasteiger partial charge < -0.3 is 14.2 Å². The van der Waals surface area contributed by atoms with Crippen LogP contribution in [0.25, 0.3) is 0 Å². The first-order valence-electron chi connectivity index (χ1n) is 6.68. The first-order valence-corrected chi connectivity index (χ1v) is 6.68. The fourth-order valence-corrected chi connectivity index (χ4v) is 2.38. The molecule has 0 amide bonds. The van der Waals surface area contributed by atoms with Gasteiger partial charge in [-0.05, 0) is 24.1 Å². The Morgan fingerprint density at radius 1 is 1.32 bits per heavy atom. The van der Waals surface area contributed by atoms with E-state index in [0.717, 1.165) is 29.9 Å². The maximum atomic E-state index is 5.69. The second-order valence-electron chi connectivity index (χ2n) is 4.61. The summed E-state index contributed by atoms with van der Waals surface area (Å²) in [7, 11) is 1.71. The van der Waals surface area contributed by atoms with Gasteiger partial charge in [0.1, 0.15) is 13.2 Å². The van der Waals surface area contributed by atoms with Gasteiger partial charge in [-0.25, -0.2) is 0 Å². The third-order valence-corrected chi connectivity index (χ3v) is 3.35. The largest absolute Gasteiger partial charge is 0.486 e. The Balaban J connectivity index is 2.22. The van der Waals surface area contributed by atoms with Crippen LogP contribution in [0.2, 0.25) is 0 Å². The number of ether oxygens (including phenoxy) is 3. The molecule has 5 heteroatoms. The standard InChI is InChI=1S/C14H22N2O3/c1-3-4-12(17-2)14(16-15)10-5-6-11-13(9-10)19-8-7-18-11/h5-6,9,12,14,16H,3-4,7-8,15H2,1-2H3. The molecule has 3 N–H and O–H groups in total. The van der Waals surface area contributed by atoms with E-state index in [1.54, 1.807) is 7.11 Å². The monoisotopic (exact) mass is 266 g/mol. The van der Waals surface area contributed by atoms with Crippen LogP contribution in [0, 0.1) is 0 Å². The molecule has 0 saturated heterocycles. The van der Waals surface area contributed by atoms with Gasteiger partial charge in [-0.2, -0.15) is 0 Å². The number of hydrogen-bond donors (Lipinski definition) is 2. The van der Waals surface area contributed by atoms with Crippen molar-refractivity contribution in [3.8, 4) is 11.5 Å². The summed E-state index contributed by atoms with van der Waals surface area (Å²) in [5.74, 6) is 7.25. The summed E-state index contributed by atoms with van der Waals surface area (Å²) < 4.78 is 16.6. The zero-order chi connectivity index (χ0) is 13.7. The summed E-state index contributed by atoms with van der Waals surface area (Å²) in [6, 6.07) is 5.84. The number of benzene rings is 1. The van der Waals surface area contributed by atoms with Gasteiger partial charge in [-0.3, -0.25) is 11.3 Å². The normalized spacial score (nSPS) is 17.0. The van der Waals surface area contributed by atoms with Crippen molar-refractivity contribution in [2.75, 3.05) is 20.3 Å². The predicted octanol–water partition coefficient (Wildman–Crippen LogP) is 1.78. The molecule has 0 aliphatic carbocycles. The third kappa shape index (κ3) is 3.18. The van der Waals surface area contributed by atoms with Gasteiger partial charge in [0, 0.05) is 7.11 Å². The van der Waals surface area contributed by atoms with Crippen molar-refractivity contribution in [1.29, 1.82) is 0 Å². The Morgan fingerprint density at radius 2 is 2.05 bits per heavy atom. The molecule has 1 aromatic rings. The molecule has 0 bridgehead atoms. The summed E-state index contributed by atoms with van der Waals surface area (Å²) >= 11 is 0. The van der Waals surface area contributed by atoms with Crippen LogP contribution < -0.4 is 20.7 Å². The maximum absolute atomic E-state index is 5.69. The highest BCUT2D eigenvalue weighted by molar-refractivity contribution is 5.44. The van der Waals surface area contributed by atoms with Gasteiger partial charge in [0.15, 0.2) is 11.5 Å². The van der Waals surface area contributed by atoms with E-state index in [4.69, 9.17) is 20.1 Å². The molecule has 0 fully saturated rings. The zero-order valence-electron chi connectivity index (χ0n) is 11.5. The summed E-state index contributed by atoms with van der Waals surface area (Å²) in [6.07, 6.45) is 2.03. The molecule has 0 radical (unpaired) electrons. The highest BCUT2D eigenvalue weighted by Crippen LogP contribution is 2.34. The van der Waals surface area contributed by atoms with E-state index in [1.165, 1.54) is 0 Å². The van der Waals surface area contributed by atoms with Crippen molar-refractivity contribution in [1.82, 2.24) is 5.43 Å². The Hall–Kier alpha value is -1.30. The summed E-state index contributed by atoms with van der Waals surface area (Å²) in [5.41, 5.74) is 3.89. The maximum Gasteiger partial charge on any atom is 0.161 e. The molecule has 0 aromatic heterocycles. The summed E-state index contributed by atoms with van der Waals surface area (Å²) in [5, 5.41) is 0. The minimum atomic E-state index is -0.0548. The van der Waals surface area contributed by atoms with Crippen molar-refractivity contribution < 1.29 is 14.2 Å². The van der Waals surface area contributed by atoms with Gasteiger partial charge in [0.25, 0.3) is 0 Å². The lowest BCUT2D eigenvalue weighted by molar-refractivity contribution is 0.0604. The van der Waals surface area contributed by atoms with Gasteiger partial charge in [0.05, 0.1) is 12.1 Å². The van der Waals surface area contributed by atoms with Crippen molar-refractivity contribution in [2.24, 2.45) is 5.84 Å². The number of rotatable bonds is 6. The molecule has 2 atom stereocenters. The molecule has 0 spiro atoms. The molecule has 1 aliphatic heterocycles. The first-order chi connectivity index (χ1) is 9.30. The quantitative estimate of drug-likeness (QED) is 0.607. The van der Waals surface area contributed by atoms with Crippen molar-refractivity contribution in [2.45, 2.75) is 31.9 Å². The van der Waals surface area contributed by atoms with Crippen LogP contribution >= 0.6 is 0 Å². The van der Waals surface area contributed by atoms with Gasteiger partial charge in [0.2, 0.25) is 0 Å². The molecular weight excluding hydrogens is 244 g/mol. The number of hydrogen-bond acceptors (Lipinski definition) is 5. The molecule has 106 valence electrons. The fraction of sp³-hybridized carbons (Fsp3) is 0.571. The van der Waals surface area contributed by atoms with Gasteiger partial charge in [-0.15, -0.1) is 0 Å². The third-order valence-electron chi connectivity index (χ3n) is 3.35. The fourth-order valence-electron chi connectivity index (χ4n) is 2.38. The number of methoxy groups -OCH3 is 1. The molecule has 19 heavy (non-hydrogen) atoms. The number of fused-ring (bicyclic) bond motifs is 1. The molecule has 0 saturated carbocycles. The smallest absolute Gasteiger partial charge is 0.161 e. The minimum Gasteiger partial charge on any atom is -0.486 e. The summed E-state index contributed by atoms with van der Waals surface area (Å²) in [4.78, 5) is 0. The highest BCUT2D eigenvalue weighted by atomic mass is 16.6. The zero-order valence-corrected chi connectivity index (χ0v) is 11.5. The van der Waals surface area contributed by atoms with E-state index in [0.29, 0.717) is 13.2 Å². The van der Waals surface area contributed by atoms with Crippen LogP contribution in [-0.2, 0) is 4.74 Å². The van der Waals surface area contributed by atoms with Crippen LogP contribution in [0.1, 0.15) is 31.4 Å². The highest BCUT2D eigenvalue weighted by Gasteiger charge is 2.23. The topological polar surface area (TPSA) is 65.7 Å². The summed E-state index contributed by atoms with van der Waals surface area (Å²) in [6.45, 7) is 3.31. The van der Waals surface area contributed by atoms with Crippen LogP contribution in [-0.4, -0.2) is 26.4 Å². The molecule has 5 nitrogen and oxygen atoms in total. The van der Waals surface area contributed by atoms with E-state index in [1.807, 2.05) is 18.2 Å². The average Bonchev–Trinajstić information content (AvgIpc) is 2.47. The first kappa shape index (κ1) is 14.1. The van der Waals surface area contributed by atoms with Crippen LogP contribution in [0.5, 0.6) is 11.5 Å². The average molecular weight is 266 g/mol. The number of hydrazine groups is 1. The van der Waals surface area contributed by atoms with E-state index in [9.17, 15) is 0 Å². The van der Waals surface area contributed by atoms with Crippen molar-refractivity contribution in [3.05, 3.63) is 23.8 Å². The van der Waals surface area contributed by atoms with Gasteiger partial charge >= 0.3 is 0 Å². The molecule has 1 aliphatic rings. The Bertz CT molecular complexity index is 412. The Labute approximate surface area is 114 Å². The number of nitrogens with one attached hydrogen (secondary N) is 1. The number of nitrogens with two attached hydrogens (primary N) is 1. The lowest BCUT2D eigenvalue weighted by Gasteiger charge is -2.27. The Morgan fingerprint density at radius 3 is 2.68 bits per heavy atom. The van der Waals surface area contributed by atoms with E-state index < -0.39 is 0 Å². The second-order valence-corrected chi connectivity index (χ2v) is 4.61. The van der Waals surface area contributed by atoms with E-state index >= 15 is 0 Å². The van der Waals surface area contributed by atoms with E-state index in [-0.39, 0.29) is 12.1 Å². The molecular formula is C14H22N2O3. The predicted molar refractivity (Wildman–Crippen MR) is 73.2 cm³/mol. The minimum absolute atomic E-state index is 0.0394. The van der Waals surface area contributed by atoms with Gasteiger partial charge in [-0.1, -0.05) is 19.4 Å². The van der Waals surface area contributed by atoms with Crippen LogP contribution in [0.15, 0.2) is 18.2 Å². The van der Waals surface area contributed by atoms with Crippen LogP contribution in [0.3, 0.4) is 0 Å². The molecule has 1 heterocycles. The second kappa shape index (κ2) is 6.75. The van der Waals surface area contributed by atoms with Crippen molar-refractivity contribution in [3.63, 3.8) is 0 Å². The SMILES string of the molecule is CCCC(OC)C(NN)c1ccc2c(c1)OCCO2. The molecule has 1 aromatic carbocycles. The van der Waals surface area contributed by atoms with E-state index in [2.05, 4.69) is 12.3 Å².